The monoisotopic (exact) mass is 437 g/mol. The second-order valence-corrected chi connectivity index (χ2v) is 9.49. The van der Waals surface area contributed by atoms with Crippen molar-refractivity contribution in [2.24, 2.45) is 5.92 Å². The van der Waals surface area contributed by atoms with Gasteiger partial charge in [0.15, 0.2) is 0 Å². The van der Waals surface area contributed by atoms with Crippen LogP contribution in [0.4, 0.5) is 0 Å². The Labute approximate surface area is 180 Å². The van der Waals surface area contributed by atoms with E-state index in [0.29, 0.717) is 33.9 Å². The van der Waals surface area contributed by atoms with Crippen molar-refractivity contribution in [1.29, 1.82) is 0 Å². The zero-order valence-corrected chi connectivity index (χ0v) is 18.4. The number of rotatable bonds is 8. The molecule has 150 valence electrons. The summed E-state index contributed by atoms with van der Waals surface area (Å²) >= 11 is 14.4. The molecule has 1 fully saturated rings. The van der Waals surface area contributed by atoms with Crippen molar-refractivity contribution in [2.45, 2.75) is 43.9 Å². The topological polar surface area (TPSA) is 49.3 Å². The minimum atomic E-state index is 0.0403. The average Bonchev–Trinajstić information content (AvgIpc) is 3.46. The molecule has 28 heavy (non-hydrogen) atoms. The second kappa shape index (κ2) is 9.43. The average molecular weight is 438 g/mol. The Bertz CT molecular complexity index is 843. The largest absolute Gasteiger partial charge is 0.508 e. The number of halogens is 2. The minimum Gasteiger partial charge on any atom is -0.508 e. The lowest BCUT2D eigenvalue weighted by atomic mass is 9.96. The predicted octanol–water partition coefficient (Wildman–Crippen LogP) is 6.03. The van der Waals surface area contributed by atoms with E-state index in [1.165, 1.54) is 24.6 Å². The van der Waals surface area contributed by atoms with Crippen molar-refractivity contribution in [3.8, 4) is 5.75 Å². The van der Waals surface area contributed by atoms with Gasteiger partial charge in [-0.1, -0.05) is 49.2 Å². The van der Waals surface area contributed by atoms with Gasteiger partial charge >= 0.3 is 0 Å². The highest BCUT2D eigenvalue weighted by Gasteiger charge is 2.21. The fourth-order valence-electron chi connectivity index (χ4n) is 2.99. The summed E-state index contributed by atoms with van der Waals surface area (Å²) in [5.41, 5.74) is 2.81. The Balaban J connectivity index is 1.66. The third-order valence-corrected chi connectivity index (χ3v) is 6.51. The summed E-state index contributed by atoms with van der Waals surface area (Å²) in [5.74, 6) is 1.61. The van der Waals surface area contributed by atoms with Crippen molar-refractivity contribution in [3.05, 3.63) is 57.1 Å². The molecule has 0 radical (unpaired) electrons. The molecule has 2 aromatic rings. The van der Waals surface area contributed by atoms with Crippen LogP contribution in [0.3, 0.4) is 0 Å². The van der Waals surface area contributed by atoms with Crippen molar-refractivity contribution < 1.29 is 9.90 Å². The van der Waals surface area contributed by atoms with Crippen LogP contribution in [0.15, 0.2) is 35.2 Å². The molecule has 1 saturated carbocycles. The number of hydrogen-bond donors (Lipinski definition) is 2. The first kappa shape index (κ1) is 21.4. The smallest absolute Gasteiger partial charge is 0.230 e. The maximum Gasteiger partial charge on any atom is 0.230 e. The molecular formula is C22H25Cl2NO2S. The van der Waals surface area contributed by atoms with E-state index in [4.69, 9.17) is 23.2 Å². The highest BCUT2D eigenvalue weighted by atomic mass is 35.5. The van der Waals surface area contributed by atoms with E-state index in [1.54, 1.807) is 6.07 Å². The van der Waals surface area contributed by atoms with Crippen LogP contribution in [0.1, 0.15) is 49.3 Å². The van der Waals surface area contributed by atoms with Crippen LogP contribution in [0.5, 0.6) is 5.75 Å². The van der Waals surface area contributed by atoms with Crippen LogP contribution >= 0.6 is 35.0 Å². The zero-order chi connectivity index (χ0) is 20.3. The summed E-state index contributed by atoms with van der Waals surface area (Å²) in [6.45, 7) is 4.88. The molecule has 3 rings (SSSR count). The Morgan fingerprint density at radius 3 is 2.50 bits per heavy atom. The lowest BCUT2D eigenvalue weighted by Crippen LogP contribution is -2.27. The molecule has 1 amide bonds. The molecule has 1 aliphatic rings. The van der Waals surface area contributed by atoms with Crippen molar-refractivity contribution in [1.82, 2.24) is 5.32 Å². The first-order valence-corrected chi connectivity index (χ1v) is 11.3. The Hall–Kier alpha value is -1.36. The normalized spacial score (nSPS) is 13.8. The van der Waals surface area contributed by atoms with Gasteiger partial charge in [-0.15, -0.1) is 11.8 Å². The van der Waals surface area contributed by atoms with Crippen LogP contribution in [0.25, 0.3) is 0 Å². The summed E-state index contributed by atoms with van der Waals surface area (Å²) in [4.78, 5) is 12.8. The van der Waals surface area contributed by atoms with Gasteiger partial charge in [-0.25, -0.2) is 0 Å². The Morgan fingerprint density at radius 1 is 1.21 bits per heavy atom. The van der Waals surface area contributed by atoms with Gasteiger partial charge in [0, 0.05) is 27.9 Å². The van der Waals surface area contributed by atoms with Gasteiger partial charge in [-0.05, 0) is 59.6 Å². The van der Waals surface area contributed by atoms with Gasteiger partial charge in [0.2, 0.25) is 5.91 Å². The lowest BCUT2D eigenvalue weighted by molar-refractivity contribution is -0.118. The second-order valence-electron chi connectivity index (χ2n) is 7.63. The van der Waals surface area contributed by atoms with E-state index in [0.717, 1.165) is 28.1 Å². The van der Waals surface area contributed by atoms with Gasteiger partial charge in [0.25, 0.3) is 0 Å². The Kier molecular flexibility index (Phi) is 7.19. The lowest BCUT2D eigenvalue weighted by Gasteiger charge is -2.13. The molecule has 0 bridgehead atoms. The van der Waals surface area contributed by atoms with Crippen LogP contribution < -0.4 is 5.32 Å². The highest BCUT2D eigenvalue weighted by Crippen LogP contribution is 2.34. The molecule has 1 aliphatic carbocycles. The molecule has 0 saturated heterocycles. The number of hydrogen-bond acceptors (Lipinski definition) is 3. The van der Waals surface area contributed by atoms with E-state index < -0.39 is 0 Å². The summed E-state index contributed by atoms with van der Waals surface area (Å²) in [5, 5.41) is 14.1. The number of nitrogens with one attached hydrogen (secondary N) is 1. The first-order chi connectivity index (χ1) is 13.3. The number of carbonyl (C=O) groups excluding carboxylic acids is 1. The van der Waals surface area contributed by atoms with Gasteiger partial charge in [-0.2, -0.15) is 0 Å². The molecule has 0 aliphatic heterocycles. The molecule has 6 heteroatoms. The van der Waals surface area contributed by atoms with Gasteiger partial charge in [0.05, 0.1) is 5.75 Å². The van der Waals surface area contributed by atoms with E-state index in [2.05, 4.69) is 5.32 Å². The van der Waals surface area contributed by atoms with Crippen molar-refractivity contribution in [2.75, 3.05) is 12.3 Å². The fraction of sp³-hybridized carbons (Fsp3) is 0.409. The number of amides is 1. The summed E-state index contributed by atoms with van der Waals surface area (Å²) in [6, 6.07) is 9.34. The van der Waals surface area contributed by atoms with E-state index in [1.807, 2.05) is 38.1 Å². The van der Waals surface area contributed by atoms with Crippen LogP contribution in [-0.2, 0) is 11.2 Å². The maximum absolute atomic E-state index is 11.9. The summed E-state index contributed by atoms with van der Waals surface area (Å²) < 4.78 is 0. The minimum absolute atomic E-state index is 0.0403. The van der Waals surface area contributed by atoms with Gasteiger partial charge < -0.3 is 10.4 Å². The van der Waals surface area contributed by atoms with E-state index in [-0.39, 0.29) is 11.8 Å². The molecular weight excluding hydrogens is 413 g/mol. The number of phenols is 1. The summed E-state index contributed by atoms with van der Waals surface area (Å²) in [6.07, 6.45) is 3.03. The standard InChI is InChI=1S/C22H25Cl2NO2S/c1-13(2)17-7-15(5-6-21(17)26)8-18-19(23)9-16(10-20(18)24)28-12-22(27)25-11-14-3-4-14/h5-7,9-10,13-14,26H,3-4,8,11-12H2,1-2H3,(H,25,27). The first-order valence-electron chi connectivity index (χ1n) is 9.52. The SMILES string of the molecule is CC(C)c1cc(Cc2c(Cl)cc(SCC(=O)NCC3CC3)cc2Cl)ccc1O. The van der Waals surface area contributed by atoms with Crippen LogP contribution in [-0.4, -0.2) is 23.3 Å². The number of thioether (sulfide) groups is 1. The molecule has 3 nitrogen and oxygen atoms in total. The molecule has 2 N–H and O–H groups in total. The summed E-state index contributed by atoms with van der Waals surface area (Å²) in [7, 11) is 0. The van der Waals surface area contributed by atoms with Crippen LogP contribution in [0.2, 0.25) is 10.0 Å². The number of phenolic OH excluding ortho intramolecular Hbond substituents is 1. The third-order valence-electron chi connectivity index (χ3n) is 4.86. The molecule has 0 aromatic heterocycles. The van der Waals surface area contributed by atoms with Gasteiger partial charge in [0.1, 0.15) is 5.75 Å². The zero-order valence-electron chi connectivity index (χ0n) is 16.1. The Morgan fingerprint density at radius 2 is 1.89 bits per heavy atom. The highest BCUT2D eigenvalue weighted by molar-refractivity contribution is 8.00. The molecule has 0 unspecified atom stereocenters. The number of aromatic hydroxyl groups is 1. The quantitative estimate of drug-likeness (QED) is 0.495. The van der Waals surface area contributed by atoms with E-state index >= 15 is 0 Å². The van der Waals surface area contributed by atoms with Gasteiger partial charge in [-0.3, -0.25) is 4.79 Å². The third kappa shape index (κ3) is 5.82. The van der Waals surface area contributed by atoms with E-state index in [9.17, 15) is 9.90 Å². The molecule has 0 atom stereocenters. The van der Waals surface area contributed by atoms with Crippen molar-refractivity contribution >= 4 is 40.9 Å². The predicted molar refractivity (Wildman–Crippen MR) is 118 cm³/mol. The fourth-order valence-corrected chi connectivity index (χ4v) is 4.54. The van der Waals surface area contributed by atoms with Crippen LogP contribution in [0, 0.1) is 5.92 Å². The molecule has 0 heterocycles. The number of benzene rings is 2. The maximum atomic E-state index is 11.9. The van der Waals surface area contributed by atoms with Crippen molar-refractivity contribution in [3.63, 3.8) is 0 Å². The number of carbonyl (C=O) groups is 1. The molecule has 0 spiro atoms. The molecule has 2 aromatic carbocycles.